The molecule has 4 heteroatoms. The minimum absolute atomic E-state index is 0.158. The van der Waals surface area contributed by atoms with E-state index < -0.39 is 6.10 Å². The molecule has 0 aliphatic rings. The molecule has 0 radical (unpaired) electrons. The van der Waals surface area contributed by atoms with Crippen molar-refractivity contribution < 1.29 is 14.6 Å². The number of aliphatic hydroxyl groups is 1. The summed E-state index contributed by atoms with van der Waals surface area (Å²) in [5, 5.41) is 12.0. The summed E-state index contributed by atoms with van der Waals surface area (Å²) in [6.45, 7) is 3.76. The van der Waals surface area contributed by atoms with Gasteiger partial charge in [0, 0.05) is 13.5 Å². The van der Waals surface area contributed by atoms with Crippen LogP contribution in [0.4, 0.5) is 0 Å². The number of rotatable bonds is 5. The Morgan fingerprint density at radius 2 is 2.31 bits per heavy atom. The van der Waals surface area contributed by atoms with Crippen molar-refractivity contribution in [3.63, 3.8) is 0 Å². The van der Waals surface area contributed by atoms with Gasteiger partial charge in [0.25, 0.3) is 0 Å². The lowest BCUT2D eigenvalue weighted by Crippen LogP contribution is -2.33. The third kappa shape index (κ3) is 4.79. The maximum atomic E-state index is 10.6. The first-order chi connectivity index (χ1) is 7.58. The van der Waals surface area contributed by atoms with Crippen LogP contribution in [0.25, 0.3) is 0 Å². The number of nitrogens with one attached hydrogen (secondary N) is 1. The fourth-order valence-electron chi connectivity index (χ4n) is 1.22. The summed E-state index contributed by atoms with van der Waals surface area (Å²) in [5.41, 5.74) is 1.11. The molecule has 0 aromatic heterocycles. The molecule has 2 N–H and O–H groups in total. The van der Waals surface area contributed by atoms with Gasteiger partial charge in [0.1, 0.15) is 18.5 Å². The molecular formula is C12H17NO3. The van der Waals surface area contributed by atoms with Gasteiger partial charge in [-0.05, 0) is 24.6 Å². The maximum Gasteiger partial charge on any atom is 0.216 e. The number of hydrogen-bond donors (Lipinski definition) is 2. The maximum absolute atomic E-state index is 10.6. The molecule has 0 bridgehead atoms. The lowest BCUT2D eigenvalue weighted by Gasteiger charge is -2.12. The number of carbonyl (C=O) groups is 1. The van der Waals surface area contributed by atoms with Crippen molar-refractivity contribution in [2.24, 2.45) is 0 Å². The Balaban J connectivity index is 2.31. The quantitative estimate of drug-likeness (QED) is 0.778. The van der Waals surface area contributed by atoms with Gasteiger partial charge < -0.3 is 15.2 Å². The van der Waals surface area contributed by atoms with E-state index in [1.54, 1.807) is 0 Å². The summed E-state index contributed by atoms with van der Waals surface area (Å²) in [5.74, 6) is 0.566. The van der Waals surface area contributed by atoms with E-state index >= 15 is 0 Å². The molecule has 1 amide bonds. The van der Waals surface area contributed by atoms with E-state index in [-0.39, 0.29) is 19.1 Å². The molecule has 0 spiro atoms. The average Bonchev–Trinajstić information content (AvgIpc) is 2.23. The van der Waals surface area contributed by atoms with Crippen molar-refractivity contribution in [1.82, 2.24) is 5.32 Å². The average molecular weight is 223 g/mol. The lowest BCUT2D eigenvalue weighted by molar-refractivity contribution is -0.119. The van der Waals surface area contributed by atoms with Crippen LogP contribution in [-0.4, -0.2) is 30.3 Å². The zero-order valence-corrected chi connectivity index (χ0v) is 9.56. The highest BCUT2D eigenvalue weighted by atomic mass is 16.5. The van der Waals surface area contributed by atoms with Gasteiger partial charge in [0.05, 0.1) is 0 Å². The van der Waals surface area contributed by atoms with E-state index in [1.165, 1.54) is 6.92 Å². The van der Waals surface area contributed by atoms with Crippen LogP contribution in [0.15, 0.2) is 24.3 Å². The highest BCUT2D eigenvalue weighted by Crippen LogP contribution is 2.12. The minimum atomic E-state index is -0.690. The largest absolute Gasteiger partial charge is 0.491 e. The second-order valence-corrected chi connectivity index (χ2v) is 3.72. The van der Waals surface area contributed by atoms with Crippen LogP contribution in [0.2, 0.25) is 0 Å². The first-order valence-corrected chi connectivity index (χ1v) is 5.20. The Morgan fingerprint density at radius 1 is 1.56 bits per heavy atom. The lowest BCUT2D eigenvalue weighted by atomic mass is 10.2. The van der Waals surface area contributed by atoms with E-state index in [0.717, 1.165) is 11.3 Å². The van der Waals surface area contributed by atoms with Gasteiger partial charge in [0.2, 0.25) is 5.91 Å². The van der Waals surface area contributed by atoms with Gasteiger partial charge in [-0.2, -0.15) is 0 Å². The van der Waals surface area contributed by atoms with Crippen molar-refractivity contribution in [2.45, 2.75) is 20.0 Å². The molecule has 0 aliphatic heterocycles. The van der Waals surface area contributed by atoms with E-state index in [4.69, 9.17) is 4.74 Å². The zero-order chi connectivity index (χ0) is 12.0. The van der Waals surface area contributed by atoms with Crippen LogP contribution in [0.3, 0.4) is 0 Å². The Morgan fingerprint density at radius 3 is 2.94 bits per heavy atom. The Bertz CT molecular complexity index is 352. The molecule has 16 heavy (non-hydrogen) atoms. The van der Waals surface area contributed by atoms with Crippen LogP contribution in [0.5, 0.6) is 5.75 Å². The molecule has 1 rings (SSSR count). The molecule has 0 saturated heterocycles. The van der Waals surface area contributed by atoms with Crippen molar-refractivity contribution in [2.75, 3.05) is 13.2 Å². The van der Waals surface area contributed by atoms with E-state index in [0.29, 0.717) is 0 Å². The van der Waals surface area contributed by atoms with Crippen LogP contribution in [-0.2, 0) is 4.79 Å². The monoisotopic (exact) mass is 223 g/mol. The molecule has 1 aromatic carbocycles. The second-order valence-electron chi connectivity index (χ2n) is 3.72. The fourth-order valence-corrected chi connectivity index (χ4v) is 1.22. The fraction of sp³-hybridized carbons (Fsp3) is 0.417. The molecule has 0 aliphatic carbocycles. The number of hydrogen-bond acceptors (Lipinski definition) is 3. The van der Waals surface area contributed by atoms with Crippen LogP contribution in [0, 0.1) is 6.92 Å². The number of ether oxygens (including phenoxy) is 1. The third-order valence-electron chi connectivity index (χ3n) is 2.02. The number of benzene rings is 1. The summed E-state index contributed by atoms with van der Waals surface area (Å²) in [4.78, 5) is 10.6. The van der Waals surface area contributed by atoms with Crippen LogP contribution in [0.1, 0.15) is 12.5 Å². The first kappa shape index (κ1) is 12.5. The highest BCUT2D eigenvalue weighted by Gasteiger charge is 2.05. The summed E-state index contributed by atoms with van der Waals surface area (Å²) in [6.07, 6.45) is -0.690. The normalized spacial score (nSPS) is 11.9. The predicted molar refractivity (Wildman–Crippen MR) is 61.4 cm³/mol. The Hall–Kier alpha value is -1.55. The van der Waals surface area contributed by atoms with Gasteiger partial charge in [0.15, 0.2) is 0 Å². The predicted octanol–water partition coefficient (Wildman–Crippen LogP) is 0.871. The summed E-state index contributed by atoms with van der Waals surface area (Å²) in [6, 6.07) is 7.59. The zero-order valence-electron chi connectivity index (χ0n) is 9.56. The van der Waals surface area contributed by atoms with Crippen molar-refractivity contribution in [3.8, 4) is 5.75 Å². The van der Waals surface area contributed by atoms with E-state index in [9.17, 15) is 9.90 Å². The number of aryl methyl sites for hydroxylation is 1. The molecule has 88 valence electrons. The molecule has 0 fully saturated rings. The number of carbonyl (C=O) groups excluding carboxylic acids is 1. The molecule has 1 atom stereocenters. The number of aliphatic hydroxyl groups excluding tert-OH is 1. The van der Waals surface area contributed by atoms with Gasteiger partial charge in [-0.25, -0.2) is 0 Å². The molecular weight excluding hydrogens is 206 g/mol. The molecule has 0 heterocycles. The SMILES string of the molecule is CC(=O)NCC(O)COc1cccc(C)c1. The first-order valence-electron chi connectivity index (χ1n) is 5.20. The Labute approximate surface area is 95.2 Å². The molecule has 4 nitrogen and oxygen atoms in total. The molecule has 1 unspecified atom stereocenters. The molecule has 0 saturated carbocycles. The second kappa shape index (κ2) is 6.12. The number of amides is 1. The molecule has 1 aromatic rings. The van der Waals surface area contributed by atoms with Gasteiger partial charge >= 0.3 is 0 Å². The summed E-state index contributed by atoms with van der Waals surface area (Å²) < 4.78 is 5.38. The van der Waals surface area contributed by atoms with Crippen LogP contribution < -0.4 is 10.1 Å². The third-order valence-corrected chi connectivity index (χ3v) is 2.02. The highest BCUT2D eigenvalue weighted by molar-refractivity contribution is 5.72. The summed E-state index contributed by atoms with van der Waals surface area (Å²) in [7, 11) is 0. The van der Waals surface area contributed by atoms with E-state index in [1.807, 2.05) is 31.2 Å². The van der Waals surface area contributed by atoms with Gasteiger partial charge in [-0.1, -0.05) is 12.1 Å². The van der Waals surface area contributed by atoms with E-state index in [2.05, 4.69) is 5.32 Å². The van der Waals surface area contributed by atoms with Crippen molar-refractivity contribution in [3.05, 3.63) is 29.8 Å². The summed E-state index contributed by atoms with van der Waals surface area (Å²) >= 11 is 0. The van der Waals surface area contributed by atoms with Crippen LogP contribution >= 0.6 is 0 Å². The minimum Gasteiger partial charge on any atom is -0.491 e. The standard InChI is InChI=1S/C12H17NO3/c1-9-4-3-5-12(6-9)16-8-11(15)7-13-10(2)14/h3-6,11,15H,7-8H2,1-2H3,(H,13,14). The Kier molecular flexibility index (Phi) is 4.79. The van der Waals surface area contributed by atoms with Crippen molar-refractivity contribution >= 4 is 5.91 Å². The van der Waals surface area contributed by atoms with Gasteiger partial charge in [-0.15, -0.1) is 0 Å². The van der Waals surface area contributed by atoms with Gasteiger partial charge in [-0.3, -0.25) is 4.79 Å². The topological polar surface area (TPSA) is 58.6 Å². The van der Waals surface area contributed by atoms with Crippen molar-refractivity contribution in [1.29, 1.82) is 0 Å². The smallest absolute Gasteiger partial charge is 0.216 e.